The smallest absolute Gasteiger partial charge is 0.345 e. The Bertz CT molecular complexity index is 2900. The number of hydrogen-bond acceptors (Lipinski definition) is 13. The molecule has 0 N–H and O–H groups in total. The Morgan fingerprint density at radius 1 is 0.566 bits per heavy atom. The first-order chi connectivity index (χ1) is 36.1. The summed E-state index contributed by atoms with van der Waals surface area (Å²) in [5, 5.41) is 3.75. The Labute approximate surface area is 527 Å². The monoisotopic (exact) mass is 1320 g/mol. The molecule has 0 amide bonds. The summed E-state index contributed by atoms with van der Waals surface area (Å²) < 4.78 is 23.0. The van der Waals surface area contributed by atoms with Gasteiger partial charge in [0.05, 0.1) is 41.1 Å². The molecule has 3 aromatic heterocycles. The minimum atomic E-state index is -0.183. The molecule has 0 spiro atoms. The summed E-state index contributed by atoms with van der Waals surface area (Å²) in [6.45, 7) is 14.7. The molecule has 0 atom stereocenters. The normalized spacial score (nSPS) is 12.7. The maximum absolute atomic E-state index is 10.7. The van der Waals surface area contributed by atoms with Crippen molar-refractivity contribution in [2.45, 2.75) is 87.4 Å². The quantitative estimate of drug-likeness (QED) is 0.0449. The molecule has 2 aliphatic heterocycles. The van der Waals surface area contributed by atoms with Crippen LogP contribution in [0.4, 0.5) is 0 Å². The Morgan fingerprint density at radius 2 is 0.934 bits per heavy atom. The largest absolute Gasteiger partial charge is 1.00 e. The second kappa shape index (κ2) is 37.2. The number of aldehydes is 1. The van der Waals surface area contributed by atoms with Crippen LogP contribution in [0.2, 0.25) is 25.1 Å². The van der Waals surface area contributed by atoms with Crippen LogP contribution >= 0.6 is 166 Å². The predicted octanol–water partition coefficient (Wildman–Crippen LogP) is 19.5. The van der Waals surface area contributed by atoms with E-state index in [0.29, 0.717) is 26.4 Å². The molecule has 0 bridgehead atoms. The van der Waals surface area contributed by atoms with Gasteiger partial charge in [0, 0.05) is 78.5 Å². The van der Waals surface area contributed by atoms with E-state index in [9.17, 15) is 4.79 Å². The number of hydrogen-bond donors (Lipinski definition) is 1. The Morgan fingerprint density at radius 3 is 1.29 bits per heavy atom. The van der Waals surface area contributed by atoms with Gasteiger partial charge in [-0.3, -0.25) is 4.79 Å². The van der Waals surface area contributed by atoms with E-state index < -0.39 is 0 Å². The fourth-order valence-corrected chi connectivity index (χ4v) is 15.1. The van der Waals surface area contributed by atoms with E-state index in [1.165, 1.54) is 32.4 Å². The topological polar surface area (TPSA) is 54.0 Å². The van der Waals surface area contributed by atoms with Crippen LogP contribution in [0.25, 0.3) is 0 Å². The van der Waals surface area contributed by atoms with E-state index in [4.69, 9.17) is 77.0 Å². The predicted molar refractivity (Wildman–Crippen MR) is 334 cm³/mol. The number of ether oxygens (including phenoxy) is 4. The van der Waals surface area contributed by atoms with Crippen LogP contribution in [-0.2, 0) is 18.9 Å². The van der Waals surface area contributed by atoms with Gasteiger partial charge in [0.15, 0.2) is 18.9 Å². The van der Waals surface area contributed by atoms with Crippen molar-refractivity contribution in [2.24, 2.45) is 0 Å². The minimum Gasteiger partial charge on any atom is -0.345 e. The van der Waals surface area contributed by atoms with Crippen molar-refractivity contribution in [1.82, 2.24) is 0 Å². The van der Waals surface area contributed by atoms with Gasteiger partial charge >= 0.3 is 18.9 Å². The summed E-state index contributed by atoms with van der Waals surface area (Å²) >= 11 is 45.2. The molecule has 5 nitrogen and oxygen atoms in total. The van der Waals surface area contributed by atoms with Crippen LogP contribution in [0.5, 0.6) is 0 Å². The molecule has 5 heterocycles. The van der Waals surface area contributed by atoms with Gasteiger partial charge in [0.1, 0.15) is 0 Å². The van der Waals surface area contributed by atoms with Crippen molar-refractivity contribution in [1.29, 1.82) is 0 Å². The van der Waals surface area contributed by atoms with E-state index in [2.05, 4.69) is 74.5 Å². The van der Waals surface area contributed by atoms with E-state index in [-0.39, 0.29) is 31.4 Å². The molecule has 0 unspecified atom stereocenters. The molecule has 0 aliphatic carbocycles. The van der Waals surface area contributed by atoms with Crippen LogP contribution < -0.4 is 18.9 Å². The molecule has 398 valence electrons. The first kappa shape index (κ1) is 67.5. The van der Waals surface area contributed by atoms with Crippen LogP contribution in [0, 0.1) is 27.7 Å². The van der Waals surface area contributed by atoms with Crippen molar-refractivity contribution >= 4 is 172 Å². The average molecular weight is 1330 g/mol. The van der Waals surface area contributed by atoms with Gasteiger partial charge in [-0.2, -0.15) is 6.42 Å². The molecule has 5 aromatic carbocycles. The fraction of sp³-hybridized carbons (Fsp3) is 0.214. The number of aryl methyl sites for hydroxylation is 3. The third-order valence-corrected chi connectivity index (χ3v) is 20.1. The summed E-state index contributed by atoms with van der Waals surface area (Å²) in [4.78, 5) is 25.2. The molecule has 76 heavy (non-hydrogen) atoms. The third kappa shape index (κ3) is 25.0. The number of carbonyl (C=O) groups is 1. The summed E-state index contributed by atoms with van der Waals surface area (Å²) in [6.07, 6.45) is 2.86. The molecule has 2 saturated heterocycles. The maximum Gasteiger partial charge on any atom is 1.00 e. The van der Waals surface area contributed by atoms with Crippen molar-refractivity contribution < 1.29 is 42.6 Å². The van der Waals surface area contributed by atoms with E-state index in [1.54, 1.807) is 73.9 Å². The number of benzene rings is 5. The molecule has 0 saturated carbocycles. The van der Waals surface area contributed by atoms with Gasteiger partial charge in [-0.05, 0) is 146 Å². The minimum absolute atomic E-state index is 0. The zero-order chi connectivity index (χ0) is 54.1. The molecule has 2 aliphatic rings. The van der Waals surface area contributed by atoms with E-state index >= 15 is 0 Å². The molecular formula is C56H53BrCl5LiO5S8. The molecule has 0 radical (unpaired) electrons. The number of carbonyl (C=O) groups excluding carboxylic acids is 1. The molecule has 2 fully saturated rings. The molecular weight excluding hydrogens is 1270 g/mol. The third-order valence-electron chi connectivity index (χ3n) is 9.52. The number of thiol groups is 1. The van der Waals surface area contributed by atoms with Crippen LogP contribution in [0.15, 0.2) is 178 Å². The number of thiophene rings is 3. The molecule has 20 heteroatoms. The van der Waals surface area contributed by atoms with Crippen molar-refractivity contribution in [3.8, 4) is 0 Å². The van der Waals surface area contributed by atoms with Crippen molar-refractivity contribution in [3.63, 3.8) is 0 Å². The van der Waals surface area contributed by atoms with Gasteiger partial charge in [0.2, 0.25) is 0 Å². The number of rotatable bonds is 11. The van der Waals surface area contributed by atoms with Crippen LogP contribution in [0.3, 0.4) is 0 Å². The summed E-state index contributed by atoms with van der Waals surface area (Å²) in [5.74, 6) is 0. The Balaban J connectivity index is 0.000000205. The Hall–Kier alpha value is -1.01. The first-order valence-corrected chi connectivity index (χ1v) is 32.3. The first-order valence-electron chi connectivity index (χ1n) is 23.0. The fourth-order valence-electron chi connectivity index (χ4n) is 5.92. The molecule has 8 aromatic rings. The van der Waals surface area contributed by atoms with Gasteiger partial charge in [-0.15, -0.1) is 46.6 Å². The number of unbranched alkanes of at least 4 members (excludes halogenated alkanes) is 1. The summed E-state index contributed by atoms with van der Waals surface area (Å²) in [6, 6.07) is 44.7. The number of halogens is 6. The van der Waals surface area contributed by atoms with Crippen molar-refractivity contribution in [3.05, 3.63) is 205 Å². The summed E-state index contributed by atoms with van der Waals surface area (Å²) in [7, 11) is 3.34. The molecule has 10 rings (SSSR count). The summed E-state index contributed by atoms with van der Waals surface area (Å²) in [5.41, 5.74) is 0. The van der Waals surface area contributed by atoms with Gasteiger partial charge in [-0.1, -0.05) is 147 Å². The zero-order valence-corrected chi connectivity index (χ0v) is 54.1. The maximum atomic E-state index is 10.7. The van der Waals surface area contributed by atoms with Crippen molar-refractivity contribution in [2.75, 3.05) is 26.4 Å². The average Bonchev–Trinajstić information content (AvgIpc) is 4.27. The second-order valence-electron chi connectivity index (χ2n) is 15.5. The van der Waals surface area contributed by atoms with Gasteiger partial charge in [0.25, 0.3) is 0 Å². The van der Waals surface area contributed by atoms with Crippen LogP contribution in [0.1, 0.15) is 66.4 Å². The second-order valence-corrected chi connectivity index (χ2v) is 27.4. The standard InChI is InChI=1S/C14H13ClO2S2.C12H8Cl2S2.C12H9ClOS2.C8H9BrO2S.C6H5ClS.C4H9.Li/c1-9-12(19-11-4-2-3-10(15)7-11)8-13(18-9)14-16-5-6-17-14;13-9-3-1-5-11(7-9)15-16-12-6-2-4-10(14)8-12;1-8-12(6-11(7-14)15-8)16-10-4-2-3-9(13)5-10;1-5-6(9)4-7(12-5)8-10-2-3-11-8;7-5-2-1-3-6(8)4-5;1-3-4-2;/h2-4,7-8,14H,5-6H2,1H3;1-8H;2-7H,1H3;4,8H,2-3H2,1H3;1-4,8H;1,3-4H2,2H3;/q;;;;;-1;+1. The SMILES string of the molecule is Cc1sc(C2OCCO2)cc1Br.Cc1sc(C2OCCO2)cc1Sc1cccc(Cl)c1.Cc1sc(C=O)cc1Sc1cccc(Cl)c1.Clc1cccc(SSc2cccc(Cl)c2)c1.Sc1cccc(Cl)c1.[CH2-]CCC.[Li+]. The van der Waals surface area contributed by atoms with E-state index in [0.717, 1.165) is 91.2 Å². The van der Waals surface area contributed by atoms with Gasteiger partial charge < -0.3 is 25.9 Å². The van der Waals surface area contributed by atoms with Gasteiger partial charge in [-0.25, -0.2) is 0 Å². The van der Waals surface area contributed by atoms with Crippen LogP contribution in [-0.4, -0.2) is 32.7 Å². The Kier molecular flexibility index (Phi) is 33.0. The zero-order valence-electron chi connectivity index (χ0n) is 42.1. The van der Waals surface area contributed by atoms with E-state index in [1.807, 2.05) is 122 Å².